The molecule has 3 N–H and O–H groups in total. The molecule has 0 aliphatic carbocycles. The number of carbonyl (C=O) groups is 1. The molecule has 0 bridgehead atoms. The summed E-state index contributed by atoms with van der Waals surface area (Å²) in [5.41, 5.74) is 0. The number of esters is 1. The molecule has 56 heavy (non-hydrogen) atoms. The van der Waals surface area contributed by atoms with Crippen molar-refractivity contribution in [2.75, 3.05) is 33.0 Å². The number of hydrogen-bond acceptors (Lipinski definition) is 8. The Bertz CT molecular complexity index is 1060. The first kappa shape index (κ1) is 54.2. The van der Waals surface area contributed by atoms with Crippen LogP contribution in [0.25, 0.3) is 0 Å². The SMILES string of the molecule is CC/C=C\C/C=C\C/C=C\C/C=C\C/C=C\CCCCCCCC(=O)OC(COCCCCCCCCCCCCCCCC)COP(=O)(O)OCC(O)CO. The van der Waals surface area contributed by atoms with E-state index in [1.54, 1.807) is 0 Å². The van der Waals surface area contributed by atoms with Gasteiger partial charge in [-0.15, -0.1) is 0 Å². The Morgan fingerprint density at radius 1 is 0.571 bits per heavy atom. The van der Waals surface area contributed by atoms with Crippen LogP contribution in [-0.4, -0.2) is 66.3 Å². The lowest BCUT2D eigenvalue weighted by Crippen LogP contribution is -2.29. The number of hydrogen-bond donors (Lipinski definition) is 3. The number of phosphoric ester groups is 1. The van der Waals surface area contributed by atoms with Crippen molar-refractivity contribution in [3.8, 4) is 0 Å². The molecule has 9 nitrogen and oxygen atoms in total. The summed E-state index contributed by atoms with van der Waals surface area (Å²) in [5.74, 6) is -0.401. The second-order valence-electron chi connectivity index (χ2n) is 14.7. The molecule has 0 heterocycles. The summed E-state index contributed by atoms with van der Waals surface area (Å²) in [4.78, 5) is 22.6. The van der Waals surface area contributed by atoms with Crippen molar-refractivity contribution in [2.45, 2.75) is 193 Å². The van der Waals surface area contributed by atoms with Gasteiger partial charge in [0.15, 0.2) is 0 Å². The van der Waals surface area contributed by atoms with Crippen LogP contribution in [0.5, 0.6) is 0 Å². The monoisotopic (exact) mass is 811 g/mol. The van der Waals surface area contributed by atoms with Crippen molar-refractivity contribution in [3.05, 3.63) is 60.8 Å². The molecule has 0 aromatic rings. The highest BCUT2D eigenvalue weighted by Gasteiger charge is 2.26. The minimum atomic E-state index is -4.52. The molecule has 0 aromatic carbocycles. The summed E-state index contributed by atoms with van der Waals surface area (Å²) < 4.78 is 33.4. The van der Waals surface area contributed by atoms with Crippen LogP contribution < -0.4 is 0 Å². The van der Waals surface area contributed by atoms with Crippen molar-refractivity contribution < 1.29 is 43.0 Å². The number of ether oxygens (including phenoxy) is 2. The standard InChI is InChI=1S/C46H83O9P/c1-3-5-7-9-11-13-15-17-19-20-21-22-23-24-25-26-28-30-32-34-36-38-46(49)55-45(43-54-56(50,51)53-41-44(48)40-47)42-52-39-37-35-33-31-29-27-18-16-14-12-10-8-6-4-2/h5,7,11,13,17,19,21-22,24-25,44-45,47-48H,3-4,6,8-10,12,14-16,18,20,23,26-43H2,1-2H3,(H,50,51)/b7-5-,13-11-,19-17-,22-21-,25-24-. The fourth-order valence-corrected chi connectivity index (χ4v) is 6.64. The first-order chi connectivity index (χ1) is 27.3. The van der Waals surface area contributed by atoms with Crippen molar-refractivity contribution >= 4 is 13.8 Å². The van der Waals surface area contributed by atoms with Crippen LogP contribution in [0.1, 0.15) is 181 Å². The number of carbonyl (C=O) groups excluding carboxylic acids is 1. The summed E-state index contributed by atoms with van der Waals surface area (Å²) in [7, 11) is -4.52. The van der Waals surface area contributed by atoms with E-state index in [9.17, 15) is 19.4 Å². The maximum atomic E-state index is 12.6. The Morgan fingerprint density at radius 3 is 1.54 bits per heavy atom. The van der Waals surface area contributed by atoms with E-state index in [1.165, 1.54) is 70.6 Å². The quantitative estimate of drug-likeness (QED) is 0.0239. The van der Waals surface area contributed by atoms with Crippen molar-refractivity contribution in [1.29, 1.82) is 0 Å². The Kier molecular flexibility index (Phi) is 41.4. The number of phosphoric acid groups is 1. The topological polar surface area (TPSA) is 132 Å². The number of allylic oxidation sites excluding steroid dienone is 10. The summed E-state index contributed by atoms with van der Waals surface area (Å²) in [5, 5.41) is 18.4. The highest BCUT2D eigenvalue weighted by atomic mass is 31.2. The Balaban J connectivity index is 4.20. The smallest absolute Gasteiger partial charge is 0.457 e. The molecule has 0 fully saturated rings. The Hall–Kier alpha value is -1.84. The van der Waals surface area contributed by atoms with E-state index in [2.05, 4.69) is 74.6 Å². The third-order valence-corrected chi connectivity index (χ3v) is 10.2. The largest absolute Gasteiger partial charge is 0.472 e. The molecule has 10 heteroatoms. The van der Waals surface area contributed by atoms with Gasteiger partial charge in [0.25, 0.3) is 0 Å². The second kappa shape index (κ2) is 42.8. The van der Waals surface area contributed by atoms with Crippen LogP contribution in [0, 0.1) is 0 Å². The van der Waals surface area contributed by atoms with Gasteiger partial charge in [-0.2, -0.15) is 0 Å². The van der Waals surface area contributed by atoms with Gasteiger partial charge in [-0.05, 0) is 57.8 Å². The molecule has 0 radical (unpaired) electrons. The first-order valence-corrected chi connectivity index (χ1v) is 23.8. The van der Waals surface area contributed by atoms with Crippen LogP contribution in [0.4, 0.5) is 0 Å². The summed E-state index contributed by atoms with van der Waals surface area (Å²) >= 11 is 0. The van der Waals surface area contributed by atoms with Crippen molar-refractivity contribution in [1.82, 2.24) is 0 Å². The van der Waals surface area contributed by atoms with E-state index >= 15 is 0 Å². The van der Waals surface area contributed by atoms with Gasteiger partial charge in [-0.25, -0.2) is 4.57 Å². The van der Waals surface area contributed by atoms with Gasteiger partial charge < -0.3 is 24.6 Å². The van der Waals surface area contributed by atoms with Crippen LogP contribution in [0.2, 0.25) is 0 Å². The molecule has 0 amide bonds. The summed E-state index contributed by atoms with van der Waals surface area (Å²) in [6.45, 7) is 3.38. The molecule has 0 saturated carbocycles. The second-order valence-corrected chi connectivity index (χ2v) is 16.1. The highest BCUT2D eigenvalue weighted by molar-refractivity contribution is 7.47. The predicted octanol–water partition coefficient (Wildman–Crippen LogP) is 12.4. The van der Waals surface area contributed by atoms with Gasteiger partial charge in [0.2, 0.25) is 0 Å². The predicted molar refractivity (Wildman–Crippen MR) is 233 cm³/mol. The molecule has 0 aliphatic rings. The van der Waals surface area contributed by atoms with Gasteiger partial charge in [-0.3, -0.25) is 13.8 Å². The number of aliphatic hydroxyl groups is 2. The van der Waals surface area contributed by atoms with Gasteiger partial charge in [-0.1, -0.05) is 177 Å². The average molecular weight is 811 g/mol. The minimum Gasteiger partial charge on any atom is -0.457 e. The molecule has 326 valence electrons. The maximum absolute atomic E-state index is 12.6. The van der Waals surface area contributed by atoms with Crippen LogP contribution >= 0.6 is 7.82 Å². The lowest BCUT2D eigenvalue weighted by Gasteiger charge is -2.20. The lowest BCUT2D eigenvalue weighted by molar-refractivity contribution is -0.154. The third kappa shape index (κ3) is 41.8. The van der Waals surface area contributed by atoms with E-state index in [4.69, 9.17) is 23.6 Å². The molecule has 3 unspecified atom stereocenters. The first-order valence-electron chi connectivity index (χ1n) is 22.3. The average Bonchev–Trinajstić information content (AvgIpc) is 3.19. The normalized spacial score (nSPS) is 14.6. The van der Waals surface area contributed by atoms with E-state index in [0.717, 1.165) is 83.5 Å². The van der Waals surface area contributed by atoms with E-state index in [1.807, 2.05) is 0 Å². The van der Waals surface area contributed by atoms with Gasteiger partial charge in [0.1, 0.15) is 12.2 Å². The molecular weight excluding hydrogens is 727 g/mol. The molecule has 0 rings (SSSR count). The molecule has 0 spiro atoms. The van der Waals surface area contributed by atoms with Gasteiger partial charge >= 0.3 is 13.8 Å². The molecular formula is C46H83O9P. The van der Waals surface area contributed by atoms with Crippen LogP contribution in [-0.2, 0) is 27.9 Å². The summed E-state index contributed by atoms with van der Waals surface area (Å²) in [6.07, 6.45) is 48.9. The molecule has 0 aliphatic heterocycles. The van der Waals surface area contributed by atoms with E-state index in [-0.39, 0.29) is 19.6 Å². The van der Waals surface area contributed by atoms with Crippen LogP contribution in [0.3, 0.4) is 0 Å². The lowest BCUT2D eigenvalue weighted by atomic mass is 10.0. The number of unbranched alkanes of at least 4 members (excludes halogenated alkanes) is 18. The fourth-order valence-electron chi connectivity index (χ4n) is 5.85. The Morgan fingerprint density at radius 2 is 1.02 bits per heavy atom. The zero-order valence-corrected chi connectivity index (χ0v) is 36.5. The Labute approximate surface area is 342 Å². The fraction of sp³-hybridized carbons (Fsp3) is 0.761. The van der Waals surface area contributed by atoms with Gasteiger partial charge in [0.05, 0.1) is 26.4 Å². The van der Waals surface area contributed by atoms with E-state index in [0.29, 0.717) is 13.0 Å². The summed E-state index contributed by atoms with van der Waals surface area (Å²) in [6, 6.07) is 0. The third-order valence-electron chi connectivity index (χ3n) is 9.22. The minimum absolute atomic E-state index is 0.0409. The van der Waals surface area contributed by atoms with Crippen molar-refractivity contribution in [2.24, 2.45) is 0 Å². The van der Waals surface area contributed by atoms with Gasteiger partial charge in [0, 0.05) is 13.0 Å². The zero-order chi connectivity index (χ0) is 41.1. The molecule has 0 saturated heterocycles. The van der Waals surface area contributed by atoms with E-state index < -0.39 is 39.2 Å². The number of rotatable bonds is 42. The maximum Gasteiger partial charge on any atom is 0.472 e. The van der Waals surface area contributed by atoms with Crippen molar-refractivity contribution in [3.63, 3.8) is 0 Å². The van der Waals surface area contributed by atoms with Crippen LogP contribution in [0.15, 0.2) is 60.8 Å². The zero-order valence-electron chi connectivity index (χ0n) is 35.6. The molecule has 3 atom stereocenters. The molecule has 0 aromatic heterocycles. The highest BCUT2D eigenvalue weighted by Crippen LogP contribution is 2.43. The number of aliphatic hydroxyl groups excluding tert-OH is 2.